The molecule has 8 nitrogen and oxygen atoms in total. The smallest absolute Gasteiger partial charge is 0.255 e. The predicted octanol–water partition coefficient (Wildman–Crippen LogP) is 5.15. The van der Waals surface area contributed by atoms with Crippen molar-refractivity contribution in [1.82, 2.24) is 24.8 Å². The van der Waals surface area contributed by atoms with E-state index < -0.39 is 0 Å². The summed E-state index contributed by atoms with van der Waals surface area (Å²) in [6.07, 6.45) is 6.27. The minimum atomic E-state index is -0.141. The van der Waals surface area contributed by atoms with E-state index in [-0.39, 0.29) is 5.91 Å². The van der Waals surface area contributed by atoms with Gasteiger partial charge in [0.05, 0.1) is 5.69 Å². The molecule has 1 saturated heterocycles. The van der Waals surface area contributed by atoms with Crippen molar-refractivity contribution >= 4 is 23.2 Å². The summed E-state index contributed by atoms with van der Waals surface area (Å²) in [5.74, 6) is 0.346. The summed E-state index contributed by atoms with van der Waals surface area (Å²) in [6, 6.07) is 17.6. The molecule has 2 aromatic carbocycles. The Morgan fingerprint density at radius 1 is 0.974 bits per heavy atom. The van der Waals surface area contributed by atoms with Crippen molar-refractivity contribution in [2.24, 2.45) is 0 Å². The van der Waals surface area contributed by atoms with E-state index >= 15 is 0 Å². The third-order valence-corrected chi connectivity index (χ3v) is 7.18. The number of rotatable bonds is 8. The fourth-order valence-corrected chi connectivity index (χ4v) is 4.71. The van der Waals surface area contributed by atoms with Crippen molar-refractivity contribution in [2.45, 2.75) is 26.8 Å². The molecule has 0 aliphatic carbocycles. The SMILES string of the molecule is CCc1ccncc1-c1ccnc(Nc2cc(NC(=O)c3ccc(CN4CCN(C)CC4)cc3)ccc2C)n1. The van der Waals surface area contributed by atoms with Crippen LogP contribution in [0.2, 0.25) is 0 Å². The lowest BCUT2D eigenvalue weighted by Crippen LogP contribution is -2.43. The molecule has 1 aliphatic rings. The number of benzene rings is 2. The summed E-state index contributed by atoms with van der Waals surface area (Å²) in [4.78, 5) is 31.2. The third kappa shape index (κ3) is 6.66. The zero-order valence-corrected chi connectivity index (χ0v) is 22.8. The molecule has 0 unspecified atom stereocenters. The van der Waals surface area contributed by atoms with Gasteiger partial charge in [-0.1, -0.05) is 25.1 Å². The van der Waals surface area contributed by atoms with Gasteiger partial charge >= 0.3 is 0 Å². The Balaban J connectivity index is 1.25. The number of hydrogen-bond donors (Lipinski definition) is 2. The second kappa shape index (κ2) is 12.1. The highest BCUT2D eigenvalue weighted by molar-refractivity contribution is 6.04. The molecule has 4 aromatic rings. The van der Waals surface area contributed by atoms with Gasteiger partial charge in [0, 0.05) is 73.8 Å². The number of nitrogens with one attached hydrogen (secondary N) is 2. The van der Waals surface area contributed by atoms with Gasteiger partial charge in [0.15, 0.2) is 0 Å². The van der Waals surface area contributed by atoms with Gasteiger partial charge in [0.1, 0.15) is 0 Å². The number of aromatic nitrogens is 3. The van der Waals surface area contributed by atoms with E-state index in [4.69, 9.17) is 4.98 Å². The van der Waals surface area contributed by atoms with E-state index in [1.165, 1.54) is 11.1 Å². The van der Waals surface area contributed by atoms with Crippen LogP contribution in [0.15, 0.2) is 73.2 Å². The molecule has 1 amide bonds. The average molecular weight is 522 g/mol. The summed E-state index contributed by atoms with van der Waals surface area (Å²) >= 11 is 0. The molecule has 5 rings (SSSR count). The molecule has 3 heterocycles. The molecule has 2 aromatic heterocycles. The number of anilines is 3. The van der Waals surface area contributed by atoms with E-state index in [2.05, 4.69) is 44.4 Å². The number of amides is 1. The van der Waals surface area contributed by atoms with Gasteiger partial charge in [-0.25, -0.2) is 9.97 Å². The van der Waals surface area contributed by atoms with Crippen molar-refractivity contribution in [3.05, 3.63) is 95.4 Å². The van der Waals surface area contributed by atoms with Crippen molar-refractivity contribution < 1.29 is 4.79 Å². The normalized spacial score (nSPS) is 14.2. The molecule has 8 heteroatoms. The minimum absolute atomic E-state index is 0.141. The van der Waals surface area contributed by atoms with Crippen LogP contribution in [-0.4, -0.2) is 63.9 Å². The molecule has 39 heavy (non-hydrogen) atoms. The molecule has 0 bridgehead atoms. The zero-order valence-electron chi connectivity index (χ0n) is 22.8. The lowest BCUT2D eigenvalue weighted by Gasteiger charge is -2.32. The molecule has 200 valence electrons. The third-order valence-electron chi connectivity index (χ3n) is 7.18. The second-order valence-corrected chi connectivity index (χ2v) is 10.0. The number of piperazine rings is 1. The Morgan fingerprint density at radius 2 is 1.77 bits per heavy atom. The Bertz CT molecular complexity index is 1430. The van der Waals surface area contributed by atoms with Gasteiger partial charge < -0.3 is 15.5 Å². The van der Waals surface area contributed by atoms with Crippen molar-refractivity contribution in [2.75, 3.05) is 43.9 Å². The maximum absolute atomic E-state index is 13.0. The first kappa shape index (κ1) is 26.5. The summed E-state index contributed by atoms with van der Waals surface area (Å²) in [7, 11) is 2.16. The van der Waals surface area contributed by atoms with Crippen LogP contribution >= 0.6 is 0 Å². The zero-order chi connectivity index (χ0) is 27.2. The molecule has 2 N–H and O–H groups in total. The first-order valence-electron chi connectivity index (χ1n) is 13.4. The van der Waals surface area contributed by atoms with Gasteiger partial charge in [0.25, 0.3) is 5.91 Å². The van der Waals surface area contributed by atoms with Crippen LogP contribution in [-0.2, 0) is 13.0 Å². The molecule has 1 aliphatic heterocycles. The number of pyridine rings is 1. The quantitative estimate of drug-likeness (QED) is 0.332. The van der Waals surface area contributed by atoms with Crippen LogP contribution in [0.3, 0.4) is 0 Å². The van der Waals surface area contributed by atoms with E-state index in [9.17, 15) is 4.79 Å². The van der Waals surface area contributed by atoms with Crippen LogP contribution in [0, 0.1) is 6.92 Å². The lowest BCUT2D eigenvalue weighted by molar-refractivity contribution is 0.102. The number of carbonyl (C=O) groups excluding carboxylic acids is 1. The number of likely N-dealkylation sites (N-methyl/N-ethyl adjacent to an activating group) is 1. The maximum Gasteiger partial charge on any atom is 0.255 e. The van der Waals surface area contributed by atoms with Crippen LogP contribution in [0.1, 0.15) is 34.0 Å². The van der Waals surface area contributed by atoms with Gasteiger partial charge in [-0.3, -0.25) is 14.7 Å². The first-order valence-corrected chi connectivity index (χ1v) is 13.4. The van der Waals surface area contributed by atoms with Gasteiger partial charge in [-0.2, -0.15) is 0 Å². The van der Waals surface area contributed by atoms with Crippen LogP contribution in [0.4, 0.5) is 17.3 Å². The Hall–Kier alpha value is -4.14. The number of aryl methyl sites for hydroxylation is 2. The number of hydrogen-bond acceptors (Lipinski definition) is 7. The monoisotopic (exact) mass is 521 g/mol. The molecular weight excluding hydrogens is 486 g/mol. The molecule has 0 atom stereocenters. The summed E-state index contributed by atoms with van der Waals surface area (Å²) in [5.41, 5.74) is 7.40. The van der Waals surface area contributed by atoms with Crippen LogP contribution in [0.25, 0.3) is 11.3 Å². The molecular formula is C31H35N7O. The molecule has 0 spiro atoms. The summed E-state index contributed by atoms with van der Waals surface area (Å²) < 4.78 is 0. The Labute approximate surface area is 230 Å². The highest BCUT2D eigenvalue weighted by Crippen LogP contribution is 2.26. The maximum atomic E-state index is 13.0. The average Bonchev–Trinajstić information content (AvgIpc) is 2.96. The minimum Gasteiger partial charge on any atom is -0.324 e. The van der Waals surface area contributed by atoms with Gasteiger partial charge in [0.2, 0.25) is 5.95 Å². The van der Waals surface area contributed by atoms with Gasteiger partial charge in [-0.15, -0.1) is 0 Å². The first-order chi connectivity index (χ1) is 19.0. The van der Waals surface area contributed by atoms with Gasteiger partial charge in [-0.05, 0) is 73.5 Å². The fraction of sp³-hybridized carbons (Fsp3) is 0.290. The van der Waals surface area contributed by atoms with E-state index in [0.29, 0.717) is 17.2 Å². The highest BCUT2D eigenvalue weighted by Gasteiger charge is 2.15. The van der Waals surface area contributed by atoms with E-state index in [1.807, 2.05) is 67.7 Å². The van der Waals surface area contributed by atoms with Crippen molar-refractivity contribution in [3.8, 4) is 11.3 Å². The topological polar surface area (TPSA) is 86.3 Å². The molecule has 0 saturated carbocycles. The van der Waals surface area contributed by atoms with Crippen molar-refractivity contribution in [1.29, 1.82) is 0 Å². The largest absolute Gasteiger partial charge is 0.324 e. The van der Waals surface area contributed by atoms with E-state index in [0.717, 1.165) is 61.7 Å². The Morgan fingerprint density at radius 3 is 2.54 bits per heavy atom. The number of carbonyl (C=O) groups is 1. The molecule has 1 fully saturated rings. The second-order valence-electron chi connectivity index (χ2n) is 10.0. The summed E-state index contributed by atoms with van der Waals surface area (Å²) in [6.45, 7) is 9.36. The van der Waals surface area contributed by atoms with E-state index in [1.54, 1.807) is 12.4 Å². The standard InChI is InChI=1S/C31H35N7O/c1-4-24-11-13-32-20-27(24)28-12-14-33-31(35-28)36-29-19-26(10-5-22(29)2)34-30(39)25-8-6-23(7-9-25)21-38-17-15-37(3)16-18-38/h5-14,19-20H,4,15-18,21H2,1-3H3,(H,34,39)(H,33,35,36). The van der Waals surface area contributed by atoms with Crippen LogP contribution < -0.4 is 10.6 Å². The summed E-state index contributed by atoms with van der Waals surface area (Å²) in [5, 5.41) is 6.35. The fourth-order valence-electron chi connectivity index (χ4n) is 4.71. The van der Waals surface area contributed by atoms with Crippen LogP contribution in [0.5, 0.6) is 0 Å². The predicted molar refractivity (Wildman–Crippen MR) is 156 cm³/mol. The van der Waals surface area contributed by atoms with Crippen molar-refractivity contribution in [3.63, 3.8) is 0 Å². The lowest BCUT2D eigenvalue weighted by atomic mass is 10.1. The number of nitrogens with zero attached hydrogens (tertiary/aromatic N) is 5. The Kier molecular flexibility index (Phi) is 8.24. The molecule has 0 radical (unpaired) electrons. The highest BCUT2D eigenvalue weighted by atomic mass is 16.1.